The molecule has 0 unspecified atom stereocenters. The Morgan fingerprint density at radius 2 is 0.780 bits per heavy atom. The number of amides is 4. The Bertz CT molecular complexity index is 872. The van der Waals surface area contributed by atoms with Crippen molar-refractivity contribution in [2.45, 2.75) is 89.9 Å². The van der Waals surface area contributed by atoms with Gasteiger partial charge in [-0.25, -0.2) is 9.59 Å². The average molecular weight is 585 g/mol. The Morgan fingerprint density at radius 1 is 0.463 bits per heavy atom. The van der Waals surface area contributed by atoms with Crippen LogP contribution in [0.1, 0.15) is 89.9 Å². The Balaban J connectivity index is 1.33. The van der Waals surface area contributed by atoms with Crippen LogP contribution >= 0.6 is 0 Å². The second-order valence-electron chi connectivity index (χ2n) is 9.26. The van der Waals surface area contributed by atoms with Crippen molar-refractivity contribution < 1.29 is 62.2 Å². The second kappa shape index (κ2) is 18.5. The van der Waals surface area contributed by atoms with Crippen LogP contribution in [0.25, 0.3) is 0 Å². The number of ether oxygens (including phenoxy) is 3. The van der Waals surface area contributed by atoms with E-state index < -0.39 is 47.5 Å². The average Bonchev–Trinajstić information content (AvgIpc) is 3.42. The monoisotopic (exact) mass is 584 g/mol. The molecule has 0 aromatic heterocycles. The molecule has 2 rings (SSSR count). The van der Waals surface area contributed by atoms with Gasteiger partial charge in [-0.05, 0) is 25.7 Å². The topological polar surface area (TPSA) is 189 Å². The summed E-state index contributed by atoms with van der Waals surface area (Å²) in [5.74, 6) is -4.40. The zero-order valence-electron chi connectivity index (χ0n) is 22.9. The molecule has 0 aromatic rings. The van der Waals surface area contributed by atoms with Gasteiger partial charge in [0.1, 0.15) is 0 Å². The standard InChI is InChI=1S/C26H36N2O13/c29-19-11-12-20(30)27(19)40-25(35)9-3-1-7-23(33)38-17-5-15-37-16-6-18-39-24(34)8-2-4-10-26(36)41-28-21(31)13-14-22(28)32/h1-18H2. The van der Waals surface area contributed by atoms with E-state index in [-0.39, 0.29) is 64.6 Å². The molecule has 4 amide bonds. The normalized spacial score (nSPS) is 14.9. The van der Waals surface area contributed by atoms with Gasteiger partial charge in [0.2, 0.25) is 0 Å². The number of esters is 2. The second-order valence-corrected chi connectivity index (χ2v) is 9.26. The van der Waals surface area contributed by atoms with Crippen molar-refractivity contribution in [1.29, 1.82) is 0 Å². The van der Waals surface area contributed by atoms with E-state index in [1.165, 1.54) is 0 Å². The minimum Gasteiger partial charge on any atom is -0.466 e. The van der Waals surface area contributed by atoms with E-state index in [9.17, 15) is 38.4 Å². The van der Waals surface area contributed by atoms with E-state index >= 15 is 0 Å². The SMILES string of the molecule is O=C(CCCCC(=O)ON1C(=O)CCC1=O)OCCCOCCCOC(=O)CCCCC(=O)ON1C(=O)CCC1=O. The highest BCUT2D eigenvalue weighted by Gasteiger charge is 2.33. The van der Waals surface area contributed by atoms with Crippen LogP contribution in [-0.2, 0) is 62.2 Å². The molecule has 41 heavy (non-hydrogen) atoms. The molecule has 0 saturated carbocycles. The Morgan fingerprint density at radius 3 is 1.12 bits per heavy atom. The lowest BCUT2D eigenvalue weighted by atomic mass is 10.2. The molecule has 2 heterocycles. The molecule has 2 aliphatic heterocycles. The molecule has 0 spiro atoms. The number of carbonyl (C=O) groups is 8. The maximum Gasteiger partial charge on any atom is 0.333 e. The van der Waals surface area contributed by atoms with Gasteiger partial charge in [0.15, 0.2) is 0 Å². The van der Waals surface area contributed by atoms with Gasteiger partial charge < -0.3 is 23.9 Å². The van der Waals surface area contributed by atoms with Crippen LogP contribution in [0, 0.1) is 0 Å². The van der Waals surface area contributed by atoms with Crippen LogP contribution in [0.3, 0.4) is 0 Å². The highest BCUT2D eigenvalue weighted by atomic mass is 16.7. The van der Waals surface area contributed by atoms with E-state index in [0.29, 0.717) is 61.9 Å². The number of rotatable bonds is 20. The zero-order valence-corrected chi connectivity index (χ0v) is 22.9. The largest absolute Gasteiger partial charge is 0.466 e. The summed E-state index contributed by atoms with van der Waals surface area (Å²) in [5, 5.41) is 0.983. The smallest absolute Gasteiger partial charge is 0.333 e. The van der Waals surface area contributed by atoms with E-state index in [4.69, 9.17) is 23.9 Å². The summed E-state index contributed by atoms with van der Waals surface area (Å²) in [7, 11) is 0. The van der Waals surface area contributed by atoms with E-state index in [2.05, 4.69) is 0 Å². The van der Waals surface area contributed by atoms with Crippen molar-refractivity contribution in [3.63, 3.8) is 0 Å². The fourth-order valence-corrected chi connectivity index (χ4v) is 3.63. The molecule has 0 N–H and O–H groups in total. The number of carbonyl (C=O) groups excluding carboxylic acids is 8. The van der Waals surface area contributed by atoms with Crippen LogP contribution in [0.5, 0.6) is 0 Å². The number of imide groups is 2. The van der Waals surface area contributed by atoms with Crippen LogP contribution in [0.4, 0.5) is 0 Å². The summed E-state index contributed by atoms with van der Waals surface area (Å²) >= 11 is 0. The number of unbranched alkanes of at least 4 members (excludes halogenated alkanes) is 2. The number of hydrogen-bond acceptors (Lipinski definition) is 13. The Hall–Kier alpha value is -3.88. The van der Waals surface area contributed by atoms with Crippen molar-refractivity contribution >= 4 is 47.5 Å². The first-order valence-electron chi connectivity index (χ1n) is 13.7. The minimum atomic E-state index is -0.707. The maximum atomic E-state index is 11.7. The molecular weight excluding hydrogens is 548 g/mol. The van der Waals surface area contributed by atoms with Gasteiger partial charge in [-0.3, -0.25) is 28.8 Å². The molecule has 0 aliphatic carbocycles. The molecule has 0 atom stereocenters. The molecule has 0 bridgehead atoms. The van der Waals surface area contributed by atoms with Crippen molar-refractivity contribution in [3.05, 3.63) is 0 Å². The summed E-state index contributed by atoms with van der Waals surface area (Å²) in [4.78, 5) is 102. The Labute approximate surface area is 236 Å². The van der Waals surface area contributed by atoms with Gasteiger partial charge in [0.05, 0.1) is 13.2 Å². The fourth-order valence-electron chi connectivity index (χ4n) is 3.63. The van der Waals surface area contributed by atoms with Gasteiger partial charge >= 0.3 is 23.9 Å². The number of hydrogen-bond donors (Lipinski definition) is 0. The van der Waals surface area contributed by atoms with E-state index in [1.54, 1.807) is 0 Å². The molecule has 15 heteroatoms. The third-order valence-electron chi connectivity index (χ3n) is 5.81. The molecule has 0 aromatic carbocycles. The summed E-state index contributed by atoms with van der Waals surface area (Å²) in [6, 6.07) is 0. The Kier molecular flexibility index (Phi) is 15.0. The highest BCUT2D eigenvalue weighted by Crippen LogP contribution is 2.15. The molecule has 2 fully saturated rings. The van der Waals surface area contributed by atoms with Crippen LogP contribution < -0.4 is 0 Å². The summed E-state index contributed by atoms with van der Waals surface area (Å²) in [5.41, 5.74) is 0. The first kappa shape index (κ1) is 33.3. The molecule has 0 radical (unpaired) electrons. The maximum absolute atomic E-state index is 11.7. The molecule has 228 valence electrons. The molecule has 15 nitrogen and oxygen atoms in total. The summed E-state index contributed by atoms with van der Waals surface area (Å²) in [6.07, 6.45) is 2.72. The fraction of sp³-hybridized carbons (Fsp3) is 0.692. The predicted octanol–water partition coefficient (Wildman–Crippen LogP) is 1.20. The van der Waals surface area contributed by atoms with Crippen molar-refractivity contribution in [2.24, 2.45) is 0 Å². The van der Waals surface area contributed by atoms with Gasteiger partial charge in [0.25, 0.3) is 23.6 Å². The van der Waals surface area contributed by atoms with Crippen LogP contribution in [0.15, 0.2) is 0 Å². The van der Waals surface area contributed by atoms with Gasteiger partial charge in [0, 0.05) is 77.4 Å². The van der Waals surface area contributed by atoms with Crippen molar-refractivity contribution in [3.8, 4) is 0 Å². The lowest BCUT2D eigenvalue weighted by Gasteiger charge is -2.12. The third kappa shape index (κ3) is 13.4. The summed E-state index contributed by atoms with van der Waals surface area (Å²) < 4.78 is 15.6. The van der Waals surface area contributed by atoms with Crippen LogP contribution in [-0.4, -0.2) is 84.1 Å². The van der Waals surface area contributed by atoms with Gasteiger partial charge in [-0.2, -0.15) is 0 Å². The number of hydroxylamine groups is 4. The lowest BCUT2D eigenvalue weighted by molar-refractivity contribution is -0.197. The van der Waals surface area contributed by atoms with Gasteiger partial charge in [-0.15, -0.1) is 10.1 Å². The highest BCUT2D eigenvalue weighted by molar-refractivity contribution is 6.02. The minimum absolute atomic E-state index is 0.0284. The van der Waals surface area contributed by atoms with Gasteiger partial charge in [-0.1, -0.05) is 0 Å². The first-order chi connectivity index (χ1) is 19.7. The third-order valence-corrected chi connectivity index (χ3v) is 5.81. The molecule has 2 aliphatic rings. The predicted molar refractivity (Wildman–Crippen MR) is 133 cm³/mol. The number of nitrogens with zero attached hydrogens (tertiary/aromatic N) is 2. The van der Waals surface area contributed by atoms with E-state index in [1.807, 2.05) is 0 Å². The molecule has 2 saturated heterocycles. The quantitative estimate of drug-likeness (QED) is 0.113. The van der Waals surface area contributed by atoms with Crippen molar-refractivity contribution in [2.75, 3.05) is 26.4 Å². The van der Waals surface area contributed by atoms with Crippen LogP contribution in [0.2, 0.25) is 0 Å². The van der Waals surface area contributed by atoms with Crippen molar-refractivity contribution in [1.82, 2.24) is 10.1 Å². The molecular formula is C26H36N2O13. The lowest BCUT2D eigenvalue weighted by Crippen LogP contribution is -2.31. The first-order valence-corrected chi connectivity index (χ1v) is 13.7. The summed E-state index contributed by atoms with van der Waals surface area (Å²) in [6.45, 7) is 1.05. The zero-order chi connectivity index (χ0) is 30.0. The van der Waals surface area contributed by atoms with E-state index in [0.717, 1.165) is 0 Å².